The van der Waals surface area contributed by atoms with Crippen molar-refractivity contribution in [1.82, 2.24) is 10.2 Å². The lowest BCUT2D eigenvalue weighted by molar-refractivity contribution is -0.122. The lowest BCUT2D eigenvalue weighted by atomic mass is 10.2. The second-order valence-electron chi connectivity index (χ2n) is 4.14. The van der Waals surface area contributed by atoms with Gasteiger partial charge >= 0.3 is 0 Å². The van der Waals surface area contributed by atoms with E-state index in [4.69, 9.17) is 28.3 Å². The summed E-state index contributed by atoms with van der Waals surface area (Å²) in [6.45, 7) is 3.67. The van der Waals surface area contributed by atoms with Gasteiger partial charge in [0.25, 0.3) is 0 Å². The van der Waals surface area contributed by atoms with Crippen molar-refractivity contribution in [3.63, 3.8) is 0 Å². The Morgan fingerprint density at radius 3 is 2.68 bits per heavy atom. The summed E-state index contributed by atoms with van der Waals surface area (Å²) in [5.74, 6) is -0.0592. The molecule has 0 saturated carbocycles. The number of amides is 1. The average Bonchev–Trinajstić information content (AvgIpc) is 2.34. The molecule has 0 aliphatic rings. The van der Waals surface area contributed by atoms with E-state index in [-0.39, 0.29) is 19.1 Å². The average molecular weight is 305 g/mol. The first-order chi connectivity index (χ1) is 9.06. The second kappa shape index (κ2) is 8.38. The van der Waals surface area contributed by atoms with E-state index in [2.05, 4.69) is 5.32 Å². The molecule has 0 spiro atoms. The predicted molar refractivity (Wildman–Crippen MR) is 77.5 cm³/mol. The number of rotatable bonds is 7. The van der Waals surface area contributed by atoms with E-state index in [1.807, 2.05) is 17.9 Å². The van der Waals surface area contributed by atoms with Crippen molar-refractivity contribution in [2.24, 2.45) is 0 Å². The van der Waals surface area contributed by atoms with E-state index in [1.165, 1.54) is 0 Å². The summed E-state index contributed by atoms with van der Waals surface area (Å²) in [4.78, 5) is 13.4. The summed E-state index contributed by atoms with van der Waals surface area (Å²) in [6, 6.07) is 5.35. The van der Waals surface area contributed by atoms with Crippen LogP contribution in [-0.2, 0) is 11.3 Å². The Kier molecular flexibility index (Phi) is 7.16. The topological polar surface area (TPSA) is 52.6 Å². The maximum absolute atomic E-state index is 11.6. The highest BCUT2D eigenvalue weighted by Crippen LogP contribution is 2.23. The molecule has 0 saturated heterocycles. The van der Waals surface area contributed by atoms with Crippen molar-refractivity contribution in [1.29, 1.82) is 0 Å². The van der Waals surface area contributed by atoms with E-state index < -0.39 is 0 Å². The molecule has 0 aromatic heterocycles. The van der Waals surface area contributed by atoms with Gasteiger partial charge in [-0.2, -0.15) is 0 Å². The Morgan fingerprint density at radius 2 is 2.11 bits per heavy atom. The van der Waals surface area contributed by atoms with Crippen LogP contribution in [0.25, 0.3) is 0 Å². The smallest absolute Gasteiger partial charge is 0.234 e. The molecule has 0 aliphatic carbocycles. The first-order valence-electron chi connectivity index (χ1n) is 6.10. The highest BCUT2D eigenvalue weighted by molar-refractivity contribution is 6.42. The molecule has 6 heteroatoms. The molecule has 1 rings (SSSR count). The van der Waals surface area contributed by atoms with E-state index in [1.54, 1.807) is 12.1 Å². The van der Waals surface area contributed by atoms with Gasteiger partial charge in [-0.25, -0.2) is 0 Å². The fraction of sp³-hybridized carbons (Fsp3) is 0.462. The third kappa shape index (κ3) is 5.78. The van der Waals surface area contributed by atoms with Crippen LogP contribution in [-0.4, -0.2) is 42.2 Å². The number of hydrogen-bond acceptors (Lipinski definition) is 3. The third-order valence-corrected chi connectivity index (χ3v) is 3.29. The lowest BCUT2D eigenvalue weighted by Crippen LogP contribution is -2.38. The lowest BCUT2D eigenvalue weighted by Gasteiger charge is -2.20. The Labute approximate surface area is 123 Å². The van der Waals surface area contributed by atoms with Gasteiger partial charge in [-0.3, -0.25) is 9.69 Å². The van der Waals surface area contributed by atoms with Gasteiger partial charge in [0, 0.05) is 19.6 Å². The molecule has 0 atom stereocenters. The number of aliphatic hydroxyl groups excluding tert-OH is 1. The second-order valence-corrected chi connectivity index (χ2v) is 4.95. The van der Waals surface area contributed by atoms with Crippen LogP contribution >= 0.6 is 23.2 Å². The zero-order valence-corrected chi connectivity index (χ0v) is 12.3. The fourth-order valence-corrected chi connectivity index (χ4v) is 2.03. The van der Waals surface area contributed by atoms with Crippen LogP contribution in [0, 0.1) is 0 Å². The maximum atomic E-state index is 11.6. The van der Waals surface area contributed by atoms with Gasteiger partial charge in [-0.05, 0) is 24.6 Å². The molecule has 0 aliphatic heterocycles. The zero-order valence-electron chi connectivity index (χ0n) is 10.8. The number of nitrogens with zero attached hydrogens (tertiary/aromatic N) is 1. The van der Waals surface area contributed by atoms with Crippen LogP contribution in [0.2, 0.25) is 10.0 Å². The summed E-state index contributed by atoms with van der Waals surface area (Å²) in [5.41, 5.74) is 0.951. The van der Waals surface area contributed by atoms with Crippen LogP contribution < -0.4 is 5.32 Å². The van der Waals surface area contributed by atoms with Gasteiger partial charge in [0.05, 0.1) is 23.2 Å². The molecule has 106 valence electrons. The Morgan fingerprint density at radius 1 is 1.37 bits per heavy atom. The number of carbonyl (C=O) groups is 1. The molecule has 0 radical (unpaired) electrons. The summed E-state index contributed by atoms with van der Waals surface area (Å²) in [7, 11) is 0. The summed E-state index contributed by atoms with van der Waals surface area (Å²) in [6.07, 6.45) is 0. The molecular weight excluding hydrogens is 287 g/mol. The zero-order chi connectivity index (χ0) is 14.3. The third-order valence-electron chi connectivity index (χ3n) is 2.55. The van der Waals surface area contributed by atoms with Crippen molar-refractivity contribution in [3.8, 4) is 0 Å². The van der Waals surface area contributed by atoms with Crippen LogP contribution in [0.15, 0.2) is 18.2 Å². The Balaban J connectivity index is 2.66. The highest BCUT2D eigenvalue weighted by Gasteiger charge is 2.11. The minimum atomic E-state index is -0.0592. The van der Waals surface area contributed by atoms with Gasteiger partial charge in [0.15, 0.2) is 0 Å². The standard InChI is InChI=1S/C13H18Cl2N2O2/c1-2-16-13(19)9-17(5-6-18)8-10-3-4-11(14)12(15)7-10/h3-4,7,18H,2,5-6,8-9H2,1H3,(H,16,19). The van der Waals surface area contributed by atoms with Gasteiger partial charge in [-0.15, -0.1) is 0 Å². The molecule has 0 unspecified atom stereocenters. The number of likely N-dealkylation sites (N-methyl/N-ethyl adjacent to an activating group) is 1. The molecule has 19 heavy (non-hydrogen) atoms. The van der Waals surface area contributed by atoms with Crippen LogP contribution in [0.3, 0.4) is 0 Å². The van der Waals surface area contributed by atoms with E-state index in [0.29, 0.717) is 29.7 Å². The van der Waals surface area contributed by atoms with Crippen molar-refractivity contribution >= 4 is 29.1 Å². The largest absolute Gasteiger partial charge is 0.395 e. The molecule has 1 aromatic rings. The molecule has 0 heterocycles. The van der Waals surface area contributed by atoms with E-state index >= 15 is 0 Å². The highest BCUT2D eigenvalue weighted by atomic mass is 35.5. The normalized spacial score (nSPS) is 10.8. The van der Waals surface area contributed by atoms with Crippen molar-refractivity contribution in [3.05, 3.63) is 33.8 Å². The van der Waals surface area contributed by atoms with Gasteiger partial charge in [0.1, 0.15) is 0 Å². The molecule has 1 amide bonds. The number of carbonyl (C=O) groups excluding carboxylic acids is 1. The quantitative estimate of drug-likeness (QED) is 0.809. The minimum absolute atomic E-state index is 0.000721. The number of nitrogens with one attached hydrogen (secondary N) is 1. The molecular formula is C13H18Cl2N2O2. The molecule has 2 N–H and O–H groups in total. The van der Waals surface area contributed by atoms with Crippen molar-refractivity contribution in [2.45, 2.75) is 13.5 Å². The molecule has 0 fully saturated rings. The first kappa shape index (κ1) is 16.2. The maximum Gasteiger partial charge on any atom is 0.234 e. The Bertz CT molecular complexity index is 427. The molecule has 1 aromatic carbocycles. The van der Waals surface area contributed by atoms with Crippen LogP contribution in [0.5, 0.6) is 0 Å². The minimum Gasteiger partial charge on any atom is -0.395 e. The predicted octanol–water partition coefficient (Wildman–Crippen LogP) is 1.92. The van der Waals surface area contributed by atoms with Crippen molar-refractivity contribution in [2.75, 3.05) is 26.2 Å². The SMILES string of the molecule is CCNC(=O)CN(CCO)Cc1ccc(Cl)c(Cl)c1. The van der Waals surface area contributed by atoms with E-state index in [0.717, 1.165) is 5.56 Å². The molecule has 4 nitrogen and oxygen atoms in total. The van der Waals surface area contributed by atoms with E-state index in [9.17, 15) is 4.79 Å². The van der Waals surface area contributed by atoms with Gasteiger partial charge < -0.3 is 10.4 Å². The van der Waals surface area contributed by atoms with Gasteiger partial charge in [-0.1, -0.05) is 29.3 Å². The van der Waals surface area contributed by atoms with Gasteiger partial charge in [0.2, 0.25) is 5.91 Å². The number of benzene rings is 1. The van der Waals surface area contributed by atoms with Crippen LogP contribution in [0.1, 0.15) is 12.5 Å². The number of hydrogen-bond donors (Lipinski definition) is 2. The monoisotopic (exact) mass is 304 g/mol. The summed E-state index contributed by atoms with van der Waals surface area (Å²) >= 11 is 11.8. The number of aliphatic hydroxyl groups is 1. The Hall–Kier alpha value is -0.810. The molecule has 0 bridgehead atoms. The first-order valence-corrected chi connectivity index (χ1v) is 6.86. The van der Waals surface area contributed by atoms with Crippen molar-refractivity contribution < 1.29 is 9.90 Å². The van der Waals surface area contributed by atoms with Crippen LogP contribution in [0.4, 0.5) is 0 Å². The fourth-order valence-electron chi connectivity index (χ4n) is 1.71. The number of halogens is 2. The summed E-state index contributed by atoms with van der Waals surface area (Å²) in [5, 5.41) is 12.8. The summed E-state index contributed by atoms with van der Waals surface area (Å²) < 4.78 is 0.